The number of carbonyl (C=O) groups excluding carboxylic acids is 1. The van der Waals surface area contributed by atoms with Gasteiger partial charge < -0.3 is 5.32 Å². The molecular formula is C18H22N2O. The maximum atomic E-state index is 12.2. The number of hydrogen-bond donors (Lipinski definition) is 1. The molecule has 1 aromatic heterocycles. The highest BCUT2D eigenvalue weighted by atomic mass is 16.1. The maximum absolute atomic E-state index is 12.2. The van der Waals surface area contributed by atoms with Gasteiger partial charge in [-0.05, 0) is 31.5 Å². The van der Waals surface area contributed by atoms with Gasteiger partial charge in [-0.1, -0.05) is 49.7 Å². The largest absolute Gasteiger partial charge is 0.350 e. The van der Waals surface area contributed by atoms with Gasteiger partial charge in [-0.3, -0.25) is 4.79 Å². The summed E-state index contributed by atoms with van der Waals surface area (Å²) < 4.78 is 0. The third kappa shape index (κ3) is 3.91. The molecule has 0 bridgehead atoms. The third-order valence-corrected chi connectivity index (χ3v) is 3.61. The van der Waals surface area contributed by atoms with Gasteiger partial charge in [0.2, 0.25) is 0 Å². The van der Waals surface area contributed by atoms with Gasteiger partial charge in [-0.2, -0.15) is 0 Å². The van der Waals surface area contributed by atoms with E-state index in [4.69, 9.17) is 0 Å². The first-order valence-electron chi connectivity index (χ1n) is 7.17. The summed E-state index contributed by atoms with van der Waals surface area (Å²) in [6.45, 7) is 8.80. The Labute approximate surface area is 126 Å². The molecule has 110 valence electrons. The first kappa shape index (κ1) is 15.2. The van der Waals surface area contributed by atoms with Crippen LogP contribution in [0.2, 0.25) is 0 Å². The van der Waals surface area contributed by atoms with E-state index in [0.717, 1.165) is 5.69 Å². The van der Waals surface area contributed by atoms with E-state index in [0.29, 0.717) is 12.2 Å². The number of benzene rings is 1. The molecule has 0 saturated carbocycles. The fourth-order valence-corrected chi connectivity index (χ4v) is 2.23. The minimum Gasteiger partial charge on any atom is -0.350 e. The molecule has 2 rings (SSSR count). The lowest BCUT2D eigenvalue weighted by Crippen LogP contribution is -2.37. The summed E-state index contributed by atoms with van der Waals surface area (Å²) in [5.41, 5.74) is 3.65. The molecule has 0 fully saturated rings. The Morgan fingerprint density at radius 1 is 1.14 bits per heavy atom. The number of amides is 1. The predicted octanol–water partition coefficient (Wildman–Crippen LogP) is 3.41. The molecule has 1 N–H and O–H groups in total. The minimum absolute atomic E-state index is 0.120. The summed E-state index contributed by atoms with van der Waals surface area (Å²) in [5, 5.41) is 2.98. The molecule has 3 heteroatoms. The molecule has 2 aromatic rings. The predicted molar refractivity (Wildman–Crippen MR) is 85.5 cm³/mol. The fourth-order valence-electron chi connectivity index (χ4n) is 2.23. The van der Waals surface area contributed by atoms with E-state index in [9.17, 15) is 4.79 Å². The number of nitrogens with zero attached hydrogens (tertiary/aromatic N) is 1. The van der Waals surface area contributed by atoms with Crippen LogP contribution in [-0.4, -0.2) is 17.4 Å². The summed E-state index contributed by atoms with van der Waals surface area (Å²) >= 11 is 0. The average Bonchev–Trinajstić information content (AvgIpc) is 2.45. The lowest BCUT2D eigenvalue weighted by atomic mass is 9.84. The molecule has 1 amide bonds. The Bertz CT molecular complexity index is 647. The van der Waals surface area contributed by atoms with Crippen molar-refractivity contribution in [3.05, 3.63) is 65.0 Å². The number of aryl methyl sites for hydroxylation is 2. The molecule has 0 radical (unpaired) electrons. The van der Waals surface area contributed by atoms with E-state index in [1.165, 1.54) is 11.1 Å². The molecule has 1 aromatic carbocycles. The highest BCUT2D eigenvalue weighted by Gasteiger charge is 2.22. The fraction of sp³-hybridized carbons (Fsp3) is 0.333. The van der Waals surface area contributed by atoms with E-state index in [-0.39, 0.29) is 11.3 Å². The molecule has 0 aliphatic carbocycles. The number of nitrogens with one attached hydrogen (secondary N) is 1. The van der Waals surface area contributed by atoms with Crippen molar-refractivity contribution in [2.75, 3.05) is 6.54 Å². The summed E-state index contributed by atoms with van der Waals surface area (Å²) in [6.07, 6.45) is 0. The molecule has 0 aliphatic rings. The average molecular weight is 282 g/mol. The van der Waals surface area contributed by atoms with Crippen LogP contribution >= 0.6 is 0 Å². The maximum Gasteiger partial charge on any atom is 0.269 e. The molecule has 0 atom stereocenters. The topological polar surface area (TPSA) is 42.0 Å². The second-order valence-electron chi connectivity index (χ2n) is 6.10. The van der Waals surface area contributed by atoms with Gasteiger partial charge in [-0.15, -0.1) is 0 Å². The molecule has 0 spiro atoms. The van der Waals surface area contributed by atoms with Gasteiger partial charge in [0.05, 0.1) is 0 Å². The summed E-state index contributed by atoms with van der Waals surface area (Å²) in [6, 6.07) is 13.9. The van der Waals surface area contributed by atoms with Gasteiger partial charge in [0.25, 0.3) is 5.91 Å². The zero-order valence-electron chi connectivity index (χ0n) is 13.1. The molecule has 21 heavy (non-hydrogen) atoms. The van der Waals surface area contributed by atoms with Crippen LogP contribution in [0.1, 0.15) is 41.2 Å². The lowest BCUT2D eigenvalue weighted by Gasteiger charge is -2.26. The summed E-state index contributed by atoms with van der Waals surface area (Å²) in [5.74, 6) is -0.126. The van der Waals surface area contributed by atoms with Crippen LogP contribution in [0.15, 0.2) is 42.5 Å². The van der Waals surface area contributed by atoms with E-state index in [1.54, 1.807) is 6.07 Å². The summed E-state index contributed by atoms with van der Waals surface area (Å²) in [4.78, 5) is 16.4. The SMILES string of the molecule is Cc1cccc(C(C)(C)CNC(=O)c2cccc(C)n2)c1. The number of aromatic nitrogens is 1. The van der Waals surface area contributed by atoms with Crippen molar-refractivity contribution < 1.29 is 4.79 Å². The Morgan fingerprint density at radius 2 is 1.86 bits per heavy atom. The second-order valence-corrected chi connectivity index (χ2v) is 6.10. The standard InChI is InChI=1S/C18H22N2O/c1-13-7-5-9-15(11-13)18(3,4)12-19-17(21)16-10-6-8-14(2)20-16/h5-11H,12H2,1-4H3,(H,19,21). The van der Waals surface area contributed by atoms with Gasteiger partial charge in [0, 0.05) is 17.7 Å². The smallest absolute Gasteiger partial charge is 0.269 e. The van der Waals surface area contributed by atoms with Crippen molar-refractivity contribution in [1.29, 1.82) is 0 Å². The number of carbonyl (C=O) groups is 1. The molecule has 1 heterocycles. The van der Waals surface area contributed by atoms with Crippen LogP contribution in [-0.2, 0) is 5.41 Å². The Balaban J connectivity index is 2.06. The van der Waals surface area contributed by atoms with E-state index in [2.05, 4.69) is 55.3 Å². The Morgan fingerprint density at radius 3 is 2.52 bits per heavy atom. The molecule has 3 nitrogen and oxygen atoms in total. The van der Waals surface area contributed by atoms with Crippen LogP contribution < -0.4 is 5.32 Å². The van der Waals surface area contributed by atoms with Crippen molar-refractivity contribution in [3.8, 4) is 0 Å². The van der Waals surface area contributed by atoms with Gasteiger partial charge in [0.1, 0.15) is 5.69 Å². The Kier molecular flexibility index (Phi) is 4.41. The zero-order valence-corrected chi connectivity index (χ0v) is 13.1. The highest BCUT2D eigenvalue weighted by molar-refractivity contribution is 5.92. The van der Waals surface area contributed by atoms with Crippen LogP contribution in [0.5, 0.6) is 0 Å². The highest BCUT2D eigenvalue weighted by Crippen LogP contribution is 2.23. The molecule has 0 aliphatic heterocycles. The Hall–Kier alpha value is -2.16. The number of pyridine rings is 1. The van der Waals surface area contributed by atoms with Crippen molar-refractivity contribution in [2.45, 2.75) is 33.1 Å². The summed E-state index contributed by atoms with van der Waals surface area (Å²) in [7, 11) is 0. The van der Waals surface area contributed by atoms with Gasteiger partial charge in [-0.25, -0.2) is 4.98 Å². The third-order valence-electron chi connectivity index (χ3n) is 3.61. The zero-order chi connectivity index (χ0) is 15.5. The first-order valence-corrected chi connectivity index (χ1v) is 7.17. The quantitative estimate of drug-likeness (QED) is 0.933. The monoisotopic (exact) mass is 282 g/mol. The molecular weight excluding hydrogens is 260 g/mol. The number of hydrogen-bond acceptors (Lipinski definition) is 2. The van der Waals surface area contributed by atoms with Crippen LogP contribution in [0.3, 0.4) is 0 Å². The van der Waals surface area contributed by atoms with Crippen LogP contribution in [0, 0.1) is 13.8 Å². The molecule has 0 unspecified atom stereocenters. The van der Waals surface area contributed by atoms with Crippen LogP contribution in [0.4, 0.5) is 0 Å². The van der Waals surface area contributed by atoms with Crippen molar-refractivity contribution in [3.63, 3.8) is 0 Å². The van der Waals surface area contributed by atoms with Crippen molar-refractivity contribution >= 4 is 5.91 Å². The molecule has 0 saturated heterocycles. The minimum atomic E-state index is -0.126. The lowest BCUT2D eigenvalue weighted by molar-refractivity contribution is 0.0940. The van der Waals surface area contributed by atoms with E-state index >= 15 is 0 Å². The van der Waals surface area contributed by atoms with Gasteiger partial charge in [0.15, 0.2) is 0 Å². The normalized spacial score (nSPS) is 11.2. The van der Waals surface area contributed by atoms with E-state index < -0.39 is 0 Å². The number of rotatable bonds is 4. The van der Waals surface area contributed by atoms with Crippen molar-refractivity contribution in [1.82, 2.24) is 10.3 Å². The van der Waals surface area contributed by atoms with E-state index in [1.807, 2.05) is 19.1 Å². The second kappa shape index (κ2) is 6.08. The van der Waals surface area contributed by atoms with Crippen molar-refractivity contribution in [2.24, 2.45) is 0 Å². The van der Waals surface area contributed by atoms with Gasteiger partial charge >= 0.3 is 0 Å². The van der Waals surface area contributed by atoms with Crippen LogP contribution in [0.25, 0.3) is 0 Å². The first-order chi connectivity index (χ1) is 9.88.